The van der Waals surface area contributed by atoms with Gasteiger partial charge < -0.3 is 5.32 Å². The monoisotopic (exact) mass is 212 g/mol. The Balaban J connectivity index is 2.15. The second kappa shape index (κ2) is 5.86. The van der Waals surface area contributed by atoms with Gasteiger partial charge in [-0.15, -0.1) is 0 Å². The number of rotatable bonds is 7. The lowest BCUT2D eigenvalue weighted by Gasteiger charge is -2.31. The van der Waals surface area contributed by atoms with Crippen LogP contribution in [0, 0.1) is 5.92 Å². The van der Waals surface area contributed by atoms with Gasteiger partial charge in [0.25, 0.3) is 0 Å². The molecule has 1 unspecified atom stereocenters. The Morgan fingerprint density at radius 3 is 2.00 bits per heavy atom. The van der Waals surface area contributed by atoms with Crippen molar-refractivity contribution in [1.82, 2.24) is 10.2 Å². The lowest BCUT2D eigenvalue weighted by Crippen LogP contribution is -2.43. The molecule has 1 saturated carbocycles. The molecule has 1 N–H and O–H groups in total. The van der Waals surface area contributed by atoms with E-state index in [0.717, 1.165) is 18.5 Å². The van der Waals surface area contributed by atoms with Gasteiger partial charge in [0.2, 0.25) is 0 Å². The van der Waals surface area contributed by atoms with E-state index < -0.39 is 0 Å². The highest BCUT2D eigenvalue weighted by Gasteiger charge is 2.27. The largest absolute Gasteiger partial charge is 0.313 e. The van der Waals surface area contributed by atoms with Crippen LogP contribution in [-0.4, -0.2) is 36.1 Å². The van der Waals surface area contributed by atoms with Gasteiger partial charge >= 0.3 is 0 Å². The van der Waals surface area contributed by atoms with Crippen LogP contribution >= 0.6 is 0 Å². The third-order valence-electron chi connectivity index (χ3n) is 3.49. The molecule has 1 atom stereocenters. The molecule has 2 nitrogen and oxygen atoms in total. The molecule has 0 heterocycles. The van der Waals surface area contributed by atoms with Crippen molar-refractivity contribution in [1.29, 1.82) is 0 Å². The predicted octanol–water partition coefficient (Wildman–Crippen LogP) is 2.49. The fourth-order valence-electron chi connectivity index (χ4n) is 2.30. The Morgan fingerprint density at radius 1 is 1.07 bits per heavy atom. The second-order valence-corrected chi connectivity index (χ2v) is 5.51. The molecule has 90 valence electrons. The summed E-state index contributed by atoms with van der Waals surface area (Å²) in [5, 5.41) is 3.64. The summed E-state index contributed by atoms with van der Waals surface area (Å²) in [7, 11) is 0. The smallest absolute Gasteiger partial charge is 0.0112 e. The molecule has 0 spiro atoms. The molecule has 0 radical (unpaired) electrons. The molecule has 1 aliphatic rings. The molecular formula is C13H28N2. The highest BCUT2D eigenvalue weighted by Crippen LogP contribution is 2.32. The van der Waals surface area contributed by atoms with Crippen LogP contribution in [0.2, 0.25) is 0 Å². The van der Waals surface area contributed by atoms with Crippen LogP contribution < -0.4 is 5.32 Å². The number of nitrogens with zero attached hydrogens (tertiary/aromatic N) is 1. The maximum absolute atomic E-state index is 3.64. The van der Waals surface area contributed by atoms with E-state index >= 15 is 0 Å². The van der Waals surface area contributed by atoms with Crippen molar-refractivity contribution in [2.45, 2.75) is 65.6 Å². The minimum absolute atomic E-state index is 0.656. The van der Waals surface area contributed by atoms with Crippen molar-refractivity contribution in [2.75, 3.05) is 13.1 Å². The van der Waals surface area contributed by atoms with E-state index in [1.54, 1.807) is 0 Å². The molecule has 1 rings (SSSR count). The third kappa shape index (κ3) is 4.52. The molecule has 0 aromatic heterocycles. The Hall–Kier alpha value is -0.0800. The second-order valence-electron chi connectivity index (χ2n) is 5.51. The molecule has 15 heavy (non-hydrogen) atoms. The lowest BCUT2D eigenvalue weighted by atomic mass is 10.2. The number of hydrogen-bond acceptors (Lipinski definition) is 2. The van der Waals surface area contributed by atoms with Crippen LogP contribution in [0.5, 0.6) is 0 Å². The zero-order chi connectivity index (χ0) is 11.4. The third-order valence-corrected chi connectivity index (χ3v) is 3.49. The van der Waals surface area contributed by atoms with Gasteiger partial charge in [0.05, 0.1) is 0 Å². The SMILES string of the molecule is CC(NCCN(C(C)C)C(C)C)C1CC1. The fourth-order valence-corrected chi connectivity index (χ4v) is 2.30. The average Bonchev–Trinajstić information content (AvgIpc) is 2.93. The summed E-state index contributed by atoms with van der Waals surface area (Å²) in [5.74, 6) is 0.969. The van der Waals surface area contributed by atoms with Crippen LogP contribution in [-0.2, 0) is 0 Å². The molecule has 0 amide bonds. The highest BCUT2D eigenvalue weighted by atomic mass is 15.2. The van der Waals surface area contributed by atoms with Gasteiger partial charge in [0.15, 0.2) is 0 Å². The highest BCUT2D eigenvalue weighted by molar-refractivity contribution is 4.83. The van der Waals surface area contributed by atoms with Gasteiger partial charge in [0, 0.05) is 31.2 Å². The Morgan fingerprint density at radius 2 is 1.60 bits per heavy atom. The number of nitrogens with one attached hydrogen (secondary N) is 1. The van der Waals surface area contributed by atoms with Crippen molar-refractivity contribution < 1.29 is 0 Å². The minimum Gasteiger partial charge on any atom is -0.313 e. The molecule has 2 heteroatoms. The molecule has 0 aromatic carbocycles. The van der Waals surface area contributed by atoms with E-state index in [1.807, 2.05) is 0 Å². The van der Waals surface area contributed by atoms with E-state index in [9.17, 15) is 0 Å². The number of hydrogen-bond donors (Lipinski definition) is 1. The van der Waals surface area contributed by atoms with Gasteiger partial charge in [-0.05, 0) is 53.4 Å². The van der Waals surface area contributed by atoms with Crippen LogP contribution in [0.3, 0.4) is 0 Å². The van der Waals surface area contributed by atoms with Gasteiger partial charge in [0.1, 0.15) is 0 Å². The standard InChI is InChI=1S/C13H28N2/c1-10(2)15(11(3)4)9-8-14-12(5)13-6-7-13/h10-14H,6-9H2,1-5H3. The van der Waals surface area contributed by atoms with E-state index in [4.69, 9.17) is 0 Å². The maximum Gasteiger partial charge on any atom is 0.0112 e. The maximum atomic E-state index is 3.64. The van der Waals surface area contributed by atoms with Crippen LogP contribution in [0.15, 0.2) is 0 Å². The molecule has 1 aliphatic carbocycles. The van der Waals surface area contributed by atoms with E-state index in [-0.39, 0.29) is 0 Å². The van der Waals surface area contributed by atoms with Crippen molar-refractivity contribution in [3.8, 4) is 0 Å². The van der Waals surface area contributed by atoms with E-state index in [1.165, 1.54) is 19.4 Å². The topological polar surface area (TPSA) is 15.3 Å². The summed E-state index contributed by atoms with van der Waals surface area (Å²) in [5.41, 5.74) is 0. The van der Waals surface area contributed by atoms with Crippen molar-refractivity contribution in [2.24, 2.45) is 5.92 Å². The van der Waals surface area contributed by atoms with Crippen molar-refractivity contribution in [3.63, 3.8) is 0 Å². The molecular weight excluding hydrogens is 184 g/mol. The first-order valence-electron chi connectivity index (χ1n) is 6.51. The molecule has 0 aromatic rings. The lowest BCUT2D eigenvalue weighted by molar-refractivity contribution is 0.173. The van der Waals surface area contributed by atoms with Crippen molar-refractivity contribution >= 4 is 0 Å². The van der Waals surface area contributed by atoms with Gasteiger partial charge in [-0.3, -0.25) is 4.90 Å². The zero-order valence-electron chi connectivity index (χ0n) is 11.1. The molecule has 0 saturated heterocycles. The molecule has 0 bridgehead atoms. The van der Waals surface area contributed by atoms with Crippen LogP contribution in [0.1, 0.15) is 47.5 Å². The average molecular weight is 212 g/mol. The van der Waals surface area contributed by atoms with Gasteiger partial charge in [-0.2, -0.15) is 0 Å². The summed E-state index contributed by atoms with van der Waals surface area (Å²) in [4.78, 5) is 2.55. The predicted molar refractivity (Wildman–Crippen MR) is 67.2 cm³/mol. The Bertz CT molecular complexity index is 165. The minimum atomic E-state index is 0.656. The molecule has 1 fully saturated rings. The normalized spacial score (nSPS) is 19.2. The summed E-state index contributed by atoms with van der Waals surface area (Å²) in [6.45, 7) is 13.8. The first kappa shape index (κ1) is 13.0. The summed E-state index contributed by atoms with van der Waals surface area (Å²) in [6, 6.07) is 2.04. The first-order chi connectivity index (χ1) is 7.02. The van der Waals surface area contributed by atoms with Crippen molar-refractivity contribution in [3.05, 3.63) is 0 Å². The van der Waals surface area contributed by atoms with Gasteiger partial charge in [-0.1, -0.05) is 0 Å². The van der Waals surface area contributed by atoms with E-state index in [0.29, 0.717) is 12.1 Å². The van der Waals surface area contributed by atoms with Crippen LogP contribution in [0.4, 0.5) is 0 Å². The first-order valence-corrected chi connectivity index (χ1v) is 6.51. The van der Waals surface area contributed by atoms with Gasteiger partial charge in [-0.25, -0.2) is 0 Å². The summed E-state index contributed by atoms with van der Waals surface area (Å²) in [6.07, 6.45) is 2.87. The Kier molecular flexibility index (Phi) is 5.07. The Labute approximate surface area is 95.4 Å². The quantitative estimate of drug-likeness (QED) is 0.697. The zero-order valence-corrected chi connectivity index (χ0v) is 11.1. The summed E-state index contributed by atoms with van der Waals surface area (Å²) < 4.78 is 0. The fraction of sp³-hybridized carbons (Fsp3) is 1.00. The van der Waals surface area contributed by atoms with E-state index in [2.05, 4.69) is 44.8 Å². The van der Waals surface area contributed by atoms with Crippen LogP contribution in [0.25, 0.3) is 0 Å². The molecule has 0 aliphatic heterocycles. The summed E-state index contributed by atoms with van der Waals surface area (Å²) >= 11 is 0.